The van der Waals surface area contributed by atoms with E-state index in [1.807, 2.05) is 12.3 Å². The van der Waals surface area contributed by atoms with Gasteiger partial charge in [-0.25, -0.2) is 18.2 Å². The molecule has 0 atom stereocenters. The number of sulfone groups is 1. The Labute approximate surface area is 158 Å². The van der Waals surface area contributed by atoms with E-state index in [9.17, 15) is 13.2 Å². The molecule has 7 nitrogen and oxygen atoms in total. The van der Waals surface area contributed by atoms with Crippen molar-refractivity contribution >= 4 is 21.7 Å². The summed E-state index contributed by atoms with van der Waals surface area (Å²) in [5.41, 5.74) is 9.42. The molecule has 4 rings (SSSR count). The van der Waals surface area contributed by atoms with Gasteiger partial charge in [-0.15, -0.1) is 0 Å². The van der Waals surface area contributed by atoms with Crippen molar-refractivity contribution in [3.05, 3.63) is 41.9 Å². The van der Waals surface area contributed by atoms with Gasteiger partial charge in [-0.1, -0.05) is 0 Å². The number of carbonyl (C=O) groups is 1. The summed E-state index contributed by atoms with van der Waals surface area (Å²) in [6.07, 6.45) is 8.36. The van der Waals surface area contributed by atoms with Gasteiger partial charge in [0.1, 0.15) is 15.7 Å². The molecule has 0 unspecified atom stereocenters. The average Bonchev–Trinajstić information content (AvgIpc) is 2.67. The molecule has 0 bridgehead atoms. The monoisotopic (exact) mass is 386 g/mol. The van der Waals surface area contributed by atoms with Crippen LogP contribution in [0.3, 0.4) is 0 Å². The standard InChI is InChI=1S/C19H22N4O3S/c20-19(24)23-5-1-2-14-8-17(12-22-18(14)23)16-9-15(10-21-11-16)13-3-6-27(25,26)7-4-13/h8-13H,1-7H2,(H2,20,24). The second kappa shape index (κ2) is 6.92. The van der Waals surface area contributed by atoms with E-state index < -0.39 is 15.9 Å². The van der Waals surface area contributed by atoms with Crippen LogP contribution in [-0.2, 0) is 16.3 Å². The molecule has 142 valence electrons. The van der Waals surface area contributed by atoms with Gasteiger partial charge in [0.15, 0.2) is 0 Å². The van der Waals surface area contributed by atoms with Crippen molar-refractivity contribution in [3.63, 3.8) is 0 Å². The number of anilines is 1. The highest BCUT2D eigenvalue weighted by Crippen LogP contribution is 2.33. The molecule has 2 aliphatic heterocycles. The molecule has 0 aromatic carbocycles. The van der Waals surface area contributed by atoms with E-state index >= 15 is 0 Å². The number of nitrogens with zero attached hydrogens (tertiary/aromatic N) is 3. The Morgan fingerprint density at radius 3 is 2.59 bits per heavy atom. The van der Waals surface area contributed by atoms with Crippen molar-refractivity contribution in [2.45, 2.75) is 31.6 Å². The van der Waals surface area contributed by atoms with E-state index in [1.54, 1.807) is 12.4 Å². The Balaban J connectivity index is 1.62. The summed E-state index contributed by atoms with van der Waals surface area (Å²) in [6, 6.07) is 3.64. The Morgan fingerprint density at radius 2 is 1.85 bits per heavy atom. The summed E-state index contributed by atoms with van der Waals surface area (Å²) in [5, 5.41) is 0. The van der Waals surface area contributed by atoms with Gasteiger partial charge in [-0.05, 0) is 54.9 Å². The van der Waals surface area contributed by atoms with Gasteiger partial charge >= 0.3 is 6.03 Å². The van der Waals surface area contributed by atoms with Crippen LogP contribution in [0.1, 0.15) is 36.3 Å². The van der Waals surface area contributed by atoms with Crippen molar-refractivity contribution in [1.82, 2.24) is 9.97 Å². The lowest BCUT2D eigenvalue weighted by atomic mass is 9.92. The average molecular weight is 386 g/mol. The van der Waals surface area contributed by atoms with E-state index in [0.29, 0.717) is 25.2 Å². The molecule has 2 amide bonds. The second-order valence-corrected chi connectivity index (χ2v) is 9.54. The third kappa shape index (κ3) is 3.66. The maximum Gasteiger partial charge on any atom is 0.320 e. The molecule has 0 spiro atoms. The molecular weight excluding hydrogens is 364 g/mol. The fourth-order valence-corrected chi connectivity index (χ4v) is 5.39. The van der Waals surface area contributed by atoms with E-state index in [4.69, 9.17) is 5.73 Å². The van der Waals surface area contributed by atoms with Crippen molar-refractivity contribution in [2.75, 3.05) is 23.0 Å². The number of hydrogen-bond acceptors (Lipinski definition) is 5. The molecule has 2 aliphatic rings. The zero-order valence-electron chi connectivity index (χ0n) is 15.0. The summed E-state index contributed by atoms with van der Waals surface area (Å²) < 4.78 is 23.3. The molecule has 2 aromatic rings. The number of aryl methyl sites for hydroxylation is 1. The first-order chi connectivity index (χ1) is 12.9. The topological polar surface area (TPSA) is 106 Å². The highest BCUT2D eigenvalue weighted by atomic mass is 32.2. The molecule has 2 aromatic heterocycles. The van der Waals surface area contributed by atoms with Crippen LogP contribution in [0, 0.1) is 0 Å². The van der Waals surface area contributed by atoms with Crippen LogP contribution < -0.4 is 10.6 Å². The molecule has 0 radical (unpaired) electrons. The van der Waals surface area contributed by atoms with Crippen molar-refractivity contribution < 1.29 is 13.2 Å². The maximum absolute atomic E-state index is 11.7. The zero-order chi connectivity index (χ0) is 19.0. The van der Waals surface area contributed by atoms with Crippen LogP contribution in [0.4, 0.5) is 10.6 Å². The fourth-order valence-electron chi connectivity index (χ4n) is 3.90. The van der Waals surface area contributed by atoms with Gasteiger partial charge in [0.2, 0.25) is 0 Å². The van der Waals surface area contributed by atoms with Gasteiger partial charge in [0.25, 0.3) is 0 Å². The molecule has 8 heteroatoms. The van der Waals surface area contributed by atoms with Gasteiger partial charge in [-0.3, -0.25) is 9.88 Å². The lowest BCUT2D eigenvalue weighted by molar-refractivity contribution is 0.253. The molecule has 0 aliphatic carbocycles. The predicted octanol–water partition coefficient (Wildman–Crippen LogP) is 2.27. The van der Waals surface area contributed by atoms with Crippen molar-refractivity contribution in [1.29, 1.82) is 0 Å². The Hall–Kier alpha value is -2.48. The highest BCUT2D eigenvalue weighted by molar-refractivity contribution is 7.91. The summed E-state index contributed by atoms with van der Waals surface area (Å²) in [4.78, 5) is 22.0. The van der Waals surface area contributed by atoms with Crippen molar-refractivity contribution in [3.8, 4) is 11.1 Å². The number of fused-ring (bicyclic) bond motifs is 1. The first kappa shape index (κ1) is 17.9. The number of hydrogen-bond donors (Lipinski definition) is 1. The third-order valence-electron chi connectivity index (χ3n) is 5.41. The number of pyridine rings is 2. The molecular formula is C19H22N4O3S. The summed E-state index contributed by atoms with van der Waals surface area (Å²) in [7, 11) is -2.88. The first-order valence-electron chi connectivity index (χ1n) is 9.14. The largest absolute Gasteiger partial charge is 0.351 e. The number of carbonyl (C=O) groups excluding carboxylic acids is 1. The van der Waals surface area contributed by atoms with Crippen LogP contribution in [0.5, 0.6) is 0 Å². The summed E-state index contributed by atoms with van der Waals surface area (Å²) in [5.74, 6) is 1.34. The van der Waals surface area contributed by atoms with Gasteiger partial charge in [-0.2, -0.15) is 0 Å². The number of rotatable bonds is 2. The highest BCUT2D eigenvalue weighted by Gasteiger charge is 2.26. The van der Waals surface area contributed by atoms with Gasteiger partial charge in [0.05, 0.1) is 11.5 Å². The lowest BCUT2D eigenvalue weighted by Gasteiger charge is -2.27. The molecule has 0 saturated carbocycles. The normalized spacial score (nSPS) is 19.5. The quantitative estimate of drug-likeness (QED) is 0.852. The van der Waals surface area contributed by atoms with E-state index in [2.05, 4.69) is 16.0 Å². The fraction of sp³-hybridized carbons (Fsp3) is 0.421. The molecule has 27 heavy (non-hydrogen) atoms. The second-order valence-electron chi connectivity index (χ2n) is 7.23. The Bertz CT molecular complexity index is 976. The summed E-state index contributed by atoms with van der Waals surface area (Å²) >= 11 is 0. The van der Waals surface area contributed by atoms with Gasteiger partial charge < -0.3 is 5.73 Å². The summed E-state index contributed by atoms with van der Waals surface area (Å²) in [6.45, 7) is 0.594. The number of amides is 2. The maximum atomic E-state index is 11.7. The zero-order valence-corrected chi connectivity index (χ0v) is 15.8. The molecule has 2 N–H and O–H groups in total. The van der Waals surface area contributed by atoms with Crippen LogP contribution in [0.15, 0.2) is 30.7 Å². The minimum Gasteiger partial charge on any atom is -0.351 e. The van der Waals surface area contributed by atoms with E-state index in [1.165, 1.54) is 4.90 Å². The first-order valence-corrected chi connectivity index (χ1v) is 11.0. The van der Waals surface area contributed by atoms with E-state index in [0.717, 1.165) is 35.1 Å². The number of aromatic nitrogens is 2. The minimum absolute atomic E-state index is 0.219. The van der Waals surface area contributed by atoms with Gasteiger partial charge in [0, 0.05) is 36.3 Å². The van der Waals surface area contributed by atoms with Crippen LogP contribution >= 0.6 is 0 Å². The Kier molecular flexibility index (Phi) is 4.59. The lowest BCUT2D eigenvalue weighted by Crippen LogP contribution is -2.40. The SMILES string of the molecule is NC(=O)N1CCCc2cc(-c3cncc(C4CCS(=O)(=O)CC4)c3)cnc21. The number of nitrogens with two attached hydrogens (primary N) is 1. The smallest absolute Gasteiger partial charge is 0.320 e. The van der Waals surface area contributed by atoms with E-state index in [-0.39, 0.29) is 17.4 Å². The minimum atomic E-state index is -2.88. The Morgan fingerprint density at radius 1 is 1.11 bits per heavy atom. The molecule has 1 saturated heterocycles. The predicted molar refractivity (Wildman–Crippen MR) is 103 cm³/mol. The van der Waals surface area contributed by atoms with Crippen molar-refractivity contribution in [2.24, 2.45) is 5.73 Å². The van der Waals surface area contributed by atoms with Crippen LogP contribution in [0.25, 0.3) is 11.1 Å². The number of primary amides is 1. The van der Waals surface area contributed by atoms with Crippen LogP contribution in [0.2, 0.25) is 0 Å². The molecule has 1 fully saturated rings. The number of urea groups is 1. The molecule has 4 heterocycles. The third-order valence-corrected chi connectivity index (χ3v) is 7.13. The van der Waals surface area contributed by atoms with Crippen LogP contribution in [-0.4, -0.2) is 42.5 Å².